The van der Waals surface area contributed by atoms with Crippen LogP contribution in [0.1, 0.15) is 25.0 Å². The lowest BCUT2D eigenvalue weighted by atomic mass is 10.1. The molecule has 1 heterocycles. The molecule has 0 saturated heterocycles. The average Bonchev–Trinajstić information content (AvgIpc) is 2.70. The Balaban J connectivity index is 0.00000320. The minimum absolute atomic E-state index is 0. The topological polar surface area (TPSA) is 81.6 Å². The molecule has 2 aromatic carbocycles. The van der Waals surface area contributed by atoms with Gasteiger partial charge in [0.25, 0.3) is 5.56 Å². The Morgan fingerprint density at radius 1 is 1.03 bits per heavy atom. The Kier molecular flexibility index (Phi) is 8.91. The number of aromatic nitrogens is 1. The molecule has 158 valence electrons. The molecule has 0 aliphatic carbocycles. The van der Waals surface area contributed by atoms with Crippen LogP contribution in [-0.2, 0) is 13.1 Å². The van der Waals surface area contributed by atoms with E-state index in [0.717, 1.165) is 22.6 Å². The van der Waals surface area contributed by atoms with Gasteiger partial charge in [0.2, 0.25) is 0 Å². The molecule has 3 N–H and O–H groups in total. The fourth-order valence-electron chi connectivity index (χ4n) is 2.79. The molecule has 0 aliphatic rings. The standard InChI is InChI=1S/C23H26N4O2.HI/c1-17(2)29-21-12-10-20(11-13-21)26-23(24)25-15-18-6-8-19(9-7-18)16-27-14-4-3-5-22(27)28;/h3-14,17H,15-16H2,1-2H3,(H3,24,25,26);1H. The number of halogens is 1. The first-order valence-corrected chi connectivity index (χ1v) is 9.56. The van der Waals surface area contributed by atoms with Gasteiger partial charge in [-0.25, -0.2) is 4.99 Å². The van der Waals surface area contributed by atoms with Gasteiger partial charge >= 0.3 is 0 Å². The van der Waals surface area contributed by atoms with Crippen LogP contribution in [0, 0.1) is 0 Å². The van der Waals surface area contributed by atoms with E-state index in [-0.39, 0.29) is 35.6 Å². The average molecular weight is 518 g/mol. The lowest BCUT2D eigenvalue weighted by Gasteiger charge is -2.11. The van der Waals surface area contributed by atoms with E-state index in [1.54, 1.807) is 22.9 Å². The highest BCUT2D eigenvalue weighted by atomic mass is 127. The monoisotopic (exact) mass is 518 g/mol. The largest absolute Gasteiger partial charge is 0.491 e. The van der Waals surface area contributed by atoms with E-state index in [9.17, 15) is 4.79 Å². The fraction of sp³-hybridized carbons (Fsp3) is 0.217. The van der Waals surface area contributed by atoms with Gasteiger partial charge in [-0.3, -0.25) is 4.79 Å². The number of guanidine groups is 1. The highest BCUT2D eigenvalue weighted by molar-refractivity contribution is 14.0. The number of rotatable bonds is 7. The number of hydrogen-bond donors (Lipinski definition) is 2. The van der Waals surface area contributed by atoms with Gasteiger partial charge in [-0.05, 0) is 55.3 Å². The third-order valence-electron chi connectivity index (χ3n) is 4.21. The smallest absolute Gasteiger partial charge is 0.250 e. The molecule has 6 nitrogen and oxygen atoms in total. The van der Waals surface area contributed by atoms with Crippen LogP contribution in [-0.4, -0.2) is 16.6 Å². The molecule has 3 rings (SSSR count). The second-order valence-corrected chi connectivity index (χ2v) is 7.00. The van der Waals surface area contributed by atoms with Crippen molar-refractivity contribution in [1.29, 1.82) is 0 Å². The first-order valence-electron chi connectivity index (χ1n) is 9.56. The van der Waals surface area contributed by atoms with Crippen molar-refractivity contribution in [2.24, 2.45) is 10.7 Å². The molecule has 0 fully saturated rings. The lowest BCUT2D eigenvalue weighted by molar-refractivity contribution is 0.242. The predicted molar refractivity (Wildman–Crippen MR) is 133 cm³/mol. The quantitative estimate of drug-likeness (QED) is 0.279. The van der Waals surface area contributed by atoms with Gasteiger partial charge in [0.1, 0.15) is 5.75 Å². The van der Waals surface area contributed by atoms with Crippen LogP contribution in [0.2, 0.25) is 0 Å². The number of nitrogens with one attached hydrogen (secondary N) is 1. The number of ether oxygens (including phenoxy) is 1. The minimum atomic E-state index is -0.0103. The van der Waals surface area contributed by atoms with Crippen LogP contribution >= 0.6 is 24.0 Å². The lowest BCUT2D eigenvalue weighted by Crippen LogP contribution is -2.22. The third-order valence-corrected chi connectivity index (χ3v) is 4.21. The summed E-state index contributed by atoms with van der Waals surface area (Å²) in [5.41, 5.74) is 8.93. The van der Waals surface area contributed by atoms with Crippen LogP contribution in [0.5, 0.6) is 5.75 Å². The number of benzene rings is 2. The Labute approximate surface area is 193 Å². The summed E-state index contributed by atoms with van der Waals surface area (Å²) in [5.74, 6) is 1.17. The van der Waals surface area contributed by atoms with Crippen molar-refractivity contribution in [1.82, 2.24) is 4.57 Å². The maximum Gasteiger partial charge on any atom is 0.250 e. The Bertz CT molecular complexity index is 1010. The fourth-order valence-corrected chi connectivity index (χ4v) is 2.79. The second-order valence-electron chi connectivity index (χ2n) is 7.00. The van der Waals surface area contributed by atoms with Gasteiger partial charge in [0.15, 0.2) is 5.96 Å². The van der Waals surface area contributed by atoms with Gasteiger partial charge in [0, 0.05) is 18.0 Å². The molecule has 0 atom stereocenters. The summed E-state index contributed by atoms with van der Waals surface area (Å²) in [6, 6.07) is 20.7. The van der Waals surface area contributed by atoms with Gasteiger partial charge in [-0.15, -0.1) is 24.0 Å². The van der Waals surface area contributed by atoms with E-state index in [4.69, 9.17) is 10.5 Å². The van der Waals surface area contributed by atoms with Crippen molar-refractivity contribution < 1.29 is 4.74 Å². The van der Waals surface area contributed by atoms with Crippen molar-refractivity contribution in [3.8, 4) is 5.75 Å². The van der Waals surface area contributed by atoms with Crippen LogP contribution in [0.4, 0.5) is 5.69 Å². The number of anilines is 1. The Morgan fingerprint density at radius 2 is 1.70 bits per heavy atom. The molecule has 0 amide bonds. The summed E-state index contributed by atoms with van der Waals surface area (Å²) in [5, 5.41) is 3.08. The molecule has 0 bridgehead atoms. The van der Waals surface area contributed by atoms with Gasteiger partial charge in [-0.2, -0.15) is 0 Å². The predicted octanol–water partition coefficient (Wildman–Crippen LogP) is 4.23. The van der Waals surface area contributed by atoms with E-state index in [0.29, 0.717) is 19.0 Å². The molecule has 0 aliphatic heterocycles. The Hall–Kier alpha value is -2.81. The second kappa shape index (κ2) is 11.4. The van der Waals surface area contributed by atoms with E-state index in [1.165, 1.54) is 0 Å². The van der Waals surface area contributed by atoms with Crippen LogP contribution in [0.25, 0.3) is 0 Å². The van der Waals surface area contributed by atoms with Crippen molar-refractivity contribution in [3.05, 3.63) is 94.4 Å². The molecule has 30 heavy (non-hydrogen) atoms. The normalized spacial score (nSPS) is 11.1. The molecule has 0 radical (unpaired) electrons. The minimum Gasteiger partial charge on any atom is -0.491 e. The molecular weight excluding hydrogens is 491 g/mol. The van der Waals surface area contributed by atoms with E-state index < -0.39 is 0 Å². The van der Waals surface area contributed by atoms with Crippen LogP contribution in [0.3, 0.4) is 0 Å². The number of hydrogen-bond acceptors (Lipinski definition) is 3. The number of nitrogens with zero attached hydrogens (tertiary/aromatic N) is 2. The molecule has 0 unspecified atom stereocenters. The molecular formula is C23H27IN4O2. The molecule has 7 heteroatoms. The molecule has 3 aromatic rings. The summed E-state index contributed by atoms with van der Waals surface area (Å²) in [4.78, 5) is 16.2. The summed E-state index contributed by atoms with van der Waals surface area (Å²) in [6.45, 7) is 5.00. The van der Waals surface area contributed by atoms with E-state index >= 15 is 0 Å². The van der Waals surface area contributed by atoms with E-state index in [2.05, 4.69) is 10.3 Å². The van der Waals surface area contributed by atoms with Gasteiger partial charge < -0.3 is 20.4 Å². The summed E-state index contributed by atoms with van der Waals surface area (Å²) in [6.07, 6.45) is 1.93. The Morgan fingerprint density at radius 3 is 2.33 bits per heavy atom. The summed E-state index contributed by atoms with van der Waals surface area (Å²) in [7, 11) is 0. The zero-order valence-corrected chi connectivity index (χ0v) is 19.4. The number of aliphatic imine (C=N–C) groups is 1. The zero-order valence-electron chi connectivity index (χ0n) is 17.1. The molecule has 0 saturated carbocycles. The first-order chi connectivity index (χ1) is 14.0. The molecule has 1 aromatic heterocycles. The van der Waals surface area contributed by atoms with E-state index in [1.807, 2.05) is 68.4 Å². The van der Waals surface area contributed by atoms with Crippen molar-refractivity contribution in [3.63, 3.8) is 0 Å². The first kappa shape index (κ1) is 23.5. The molecule has 0 spiro atoms. The van der Waals surface area contributed by atoms with Gasteiger partial charge in [-0.1, -0.05) is 30.3 Å². The summed E-state index contributed by atoms with van der Waals surface area (Å²) >= 11 is 0. The van der Waals surface area contributed by atoms with Crippen molar-refractivity contribution in [2.75, 3.05) is 5.32 Å². The van der Waals surface area contributed by atoms with Crippen LogP contribution in [0.15, 0.2) is 82.7 Å². The van der Waals surface area contributed by atoms with Crippen molar-refractivity contribution >= 4 is 35.6 Å². The number of nitrogens with two attached hydrogens (primary N) is 1. The van der Waals surface area contributed by atoms with Crippen molar-refractivity contribution in [2.45, 2.75) is 33.0 Å². The number of pyridine rings is 1. The third kappa shape index (κ3) is 7.22. The highest BCUT2D eigenvalue weighted by Gasteiger charge is 2.01. The van der Waals surface area contributed by atoms with Gasteiger partial charge in [0.05, 0.1) is 19.2 Å². The van der Waals surface area contributed by atoms with Crippen LogP contribution < -0.4 is 21.3 Å². The maximum absolute atomic E-state index is 11.8. The SMILES string of the molecule is CC(C)Oc1ccc(NC(N)=NCc2ccc(Cn3ccccc3=O)cc2)cc1.I. The summed E-state index contributed by atoms with van der Waals surface area (Å²) < 4.78 is 7.30. The maximum atomic E-state index is 11.8. The zero-order chi connectivity index (χ0) is 20.6. The highest BCUT2D eigenvalue weighted by Crippen LogP contribution is 2.16.